The van der Waals surface area contributed by atoms with Crippen LogP contribution in [0.4, 0.5) is 0 Å². The van der Waals surface area contributed by atoms with Gasteiger partial charge in [0, 0.05) is 25.6 Å². The highest BCUT2D eigenvalue weighted by molar-refractivity contribution is 5.76. The lowest BCUT2D eigenvalue weighted by Gasteiger charge is -2.31. The molecule has 3 nitrogen and oxygen atoms in total. The minimum absolute atomic E-state index is 0.211. The second-order valence-corrected chi connectivity index (χ2v) is 5.78. The van der Waals surface area contributed by atoms with E-state index in [0.29, 0.717) is 5.91 Å². The summed E-state index contributed by atoms with van der Waals surface area (Å²) in [6, 6.07) is 0.211. The van der Waals surface area contributed by atoms with Gasteiger partial charge in [0.25, 0.3) is 0 Å². The van der Waals surface area contributed by atoms with E-state index in [1.54, 1.807) is 0 Å². The monoisotopic (exact) mass is 238 g/mol. The summed E-state index contributed by atoms with van der Waals surface area (Å²) in [7, 11) is 0. The third-order valence-corrected chi connectivity index (χ3v) is 4.30. The normalized spacial score (nSPS) is 27.1. The quantitative estimate of drug-likeness (QED) is 0.820. The maximum absolute atomic E-state index is 12.1. The number of nitrogens with zero attached hydrogens (tertiary/aromatic N) is 1. The zero-order chi connectivity index (χ0) is 12.1. The van der Waals surface area contributed by atoms with E-state index in [4.69, 9.17) is 5.73 Å². The van der Waals surface area contributed by atoms with Gasteiger partial charge >= 0.3 is 0 Å². The molecule has 2 fully saturated rings. The first-order valence-electron chi connectivity index (χ1n) is 7.29. The number of hydrogen-bond donors (Lipinski definition) is 1. The molecular weight excluding hydrogens is 212 g/mol. The molecule has 2 rings (SSSR count). The average Bonchev–Trinajstić information content (AvgIpc) is 2.37. The van der Waals surface area contributed by atoms with Gasteiger partial charge in [0.05, 0.1) is 0 Å². The van der Waals surface area contributed by atoms with E-state index >= 15 is 0 Å². The molecule has 0 radical (unpaired) electrons. The van der Waals surface area contributed by atoms with E-state index in [9.17, 15) is 4.79 Å². The molecule has 0 unspecified atom stereocenters. The van der Waals surface area contributed by atoms with Crippen LogP contribution in [0.15, 0.2) is 0 Å². The zero-order valence-corrected chi connectivity index (χ0v) is 10.9. The lowest BCUT2D eigenvalue weighted by Crippen LogP contribution is -2.45. The van der Waals surface area contributed by atoms with Gasteiger partial charge in [-0.2, -0.15) is 0 Å². The number of carbonyl (C=O) groups is 1. The van der Waals surface area contributed by atoms with Gasteiger partial charge in [-0.15, -0.1) is 0 Å². The maximum Gasteiger partial charge on any atom is 0.222 e. The Hall–Kier alpha value is -0.570. The van der Waals surface area contributed by atoms with E-state index in [2.05, 4.69) is 0 Å². The summed E-state index contributed by atoms with van der Waals surface area (Å²) in [6.07, 6.45) is 10.8. The lowest BCUT2D eigenvalue weighted by molar-refractivity contribution is -0.132. The Labute approximate surface area is 105 Å². The van der Waals surface area contributed by atoms with Crippen LogP contribution >= 0.6 is 0 Å². The summed E-state index contributed by atoms with van der Waals surface area (Å²) >= 11 is 0. The molecule has 1 heterocycles. The Morgan fingerprint density at radius 3 is 2.59 bits per heavy atom. The van der Waals surface area contributed by atoms with Crippen LogP contribution in [0.5, 0.6) is 0 Å². The molecule has 0 spiro atoms. The fourth-order valence-electron chi connectivity index (χ4n) is 3.20. The van der Waals surface area contributed by atoms with Crippen molar-refractivity contribution in [1.82, 2.24) is 4.90 Å². The molecule has 1 atom stereocenters. The minimum Gasteiger partial charge on any atom is -0.341 e. The SMILES string of the molecule is N[C@H]1CCCN(C(=O)CCC2CCCCC2)C1. The average molecular weight is 238 g/mol. The Bertz CT molecular complexity index is 249. The molecule has 3 heteroatoms. The highest BCUT2D eigenvalue weighted by atomic mass is 16.2. The summed E-state index contributed by atoms with van der Waals surface area (Å²) in [4.78, 5) is 14.0. The third kappa shape index (κ3) is 3.98. The van der Waals surface area contributed by atoms with Gasteiger partial charge in [-0.25, -0.2) is 0 Å². The first-order valence-corrected chi connectivity index (χ1v) is 7.29. The minimum atomic E-state index is 0.211. The van der Waals surface area contributed by atoms with Gasteiger partial charge in [0.1, 0.15) is 0 Å². The molecule has 1 aliphatic carbocycles. The maximum atomic E-state index is 12.1. The summed E-state index contributed by atoms with van der Waals surface area (Å²) in [5.41, 5.74) is 5.91. The van der Waals surface area contributed by atoms with Crippen molar-refractivity contribution >= 4 is 5.91 Å². The van der Waals surface area contributed by atoms with Crippen LogP contribution in [0.25, 0.3) is 0 Å². The molecule has 1 aliphatic heterocycles. The zero-order valence-electron chi connectivity index (χ0n) is 10.9. The van der Waals surface area contributed by atoms with Gasteiger partial charge in [0.15, 0.2) is 0 Å². The van der Waals surface area contributed by atoms with Gasteiger partial charge in [-0.05, 0) is 25.2 Å². The van der Waals surface area contributed by atoms with Crippen molar-refractivity contribution in [3.05, 3.63) is 0 Å². The molecule has 0 bridgehead atoms. The number of likely N-dealkylation sites (tertiary alicyclic amines) is 1. The number of piperidine rings is 1. The summed E-state index contributed by atoms with van der Waals surface area (Å²) in [6.45, 7) is 1.71. The standard InChI is InChI=1S/C14H26N2O/c15-13-7-4-10-16(11-13)14(17)9-8-12-5-2-1-3-6-12/h12-13H,1-11,15H2/t13-/m0/s1. The predicted octanol–water partition coefficient (Wildman–Crippen LogP) is 2.30. The van der Waals surface area contributed by atoms with Crippen molar-refractivity contribution in [2.45, 2.75) is 63.8 Å². The second-order valence-electron chi connectivity index (χ2n) is 5.78. The van der Waals surface area contributed by atoms with Gasteiger partial charge in [-0.1, -0.05) is 32.1 Å². The first-order chi connectivity index (χ1) is 8.25. The van der Waals surface area contributed by atoms with Crippen LogP contribution < -0.4 is 5.73 Å². The van der Waals surface area contributed by atoms with E-state index in [-0.39, 0.29) is 6.04 Å². The Morgan fingerprint density at radius 1 is 1.12 bits per heavy atom. The number of amides is 1. The molecule has 2 N–H and O–H groups in total. The number of carbonyl (C=O) groups excluding carboxylic acids is 1. The Balaban J connectivity index is 1.69. The molecule has 98 valence electrons. The Kier molecular flexibility index (Phi) is 4.84. The fraction of sp³-hybridized carbons (Fsp3) is 0.929. The van der Waals surface area contributed by atoms with E-state index in [1.165, 1.54) is 32.1 Å². The molecule has 0 aromatic carbocycles. The van der Waals surface area contributed by atoms with Crippen molar-refractivity contribution in [3.8, 4) is 0 Å². The van der Waals surface area contributed by atoms with E-state index in [0.717, 1.165) is 44.7 Å². The predicted molar refractivity (Wildman–Crippen MR) is 69.6 cm³/mol. The number of nitrogens with two attached hydrogens (primary N) is 1. The van der Waals surface area contributed by atoms with Gasteiger partial charge < -0.3 is 10.6 Å². The molecule has 17 heavy (non-hydrogen) atoms. The highest BCUT2D eigenvalue weighted by Gasteiger charge is 2.22. The summed E-state index contributed by atoms with van der Waals surface area (Å²) < 4.78 is 0. The van der Waals surface area contributed by atoms with Gasteiger partial charge in [-0.3, -0.25) is 4.79 Å². The fourth-order valence-corrected chi connectivity index (χ4v) is 3.20. The second kappa shape index (κ2) is 6.39. The highest BCUT2D eigenvalue weighted by Crippen LogP contribution is 2.27. The number of hydrogen-bond acceptors (Lipinski definition) is 2. The van der Waals surface area contributed by atoms with Crippen LogP contribution in [-0.4, -0.2) is 29.9 Å². The summed E-state index contributed by atoms with van der Waals surface area (Å²) in [5, 5.41) is 0. The topological polar surface area (TPSA) is 46.3 Å². The molecule has 2 aliphatic rings. The largest absolute Gasteiger partial charge is 0.341 e. The lowest BCUT2D eigenvalue weighted by atomic mass is 9.86. The molecule has 1 amide bonds. The van der Waals surface area contributed by atoms with Gasteiger partial charge in [0.2, 0.25) is 5.91 Å². The van der Waals surface area contributed by atoms with Crippen molar-refractivity contribution in [1.29, 1.82) is 0 Å². The Morgan fingerprint density at radius 2 is 1.88 bits per heavy atom. The van der Waals surface area contributed by atoms with Crippen molar-refractivity contribution in [2.24, 2.45) is 11.7 Å². The van der Waals surface area contributed by atoms with Crippen LogP contribution in [0.2, 0.25) is 0 Å². The molecule has 0 aromatic heterocycles. The molecule has 1 saturated heterocycles. The molecule has 0 aromatic rings. The van der Waals surface area contributed by atoms with Crippen LogP contribution in [0.1, 0.15) is 57.8 Å². The number of rotatable bonds is 3. The van der Waals surface area contributed by atoms with Crippen LogP contribution in [-0.2, 0) is 4.79 Å². The molecular formula is C14H26N2O. The third-order valence-electron chi connectivity index (χ3n) is 4.30. The smallest absolute Gasteiger partial charge is 0.222 e. The molecule has 1 saturated carbocycles. The van der Waals surface area contributed by atoms with E-state index < -0.39 is 0 Å². The summed E-state index contributed by atoms with van der Waals surface area (Å²) in [5.74, 6) is 1.15. The van der Waals surface area contributed by atoms with Crippen LogP contribution in [0, 0.1) is 5.92 Å². The van der Waals surface area contributed by atoms with E-state index in [1.807, 2.05) is 4.90 Å². The first kappa shape index (κ1) is 12.9. The van der Waals surface area contributed by atoms with Crippen molar-refractivity contribution in [3.63, 3.8) is 0 Å². The van der Waals surface area contributed by atoms with Crippen molar-refractivity contribution < 1.29 is 4.79 Å². The van der Waals surface area contributed by atoms with Crippen molar-refractivity contribution in [2.75, 3.05) is 13.1 Å². The van der Waals surface area contributed by atoms with Crippen LogP contribution in [0.3, 0.4) is 0 Å².